The summed E-state index contributed by atoms with van der Waals surface area (Å²) >= 11 is 0. The second-order valence-corrected chi connectivity index (χ2v) is 6.92. The van der Waals surface area contributed by atoms with E-state index in [1.165, 1.54) is 0 Å². The third-order valence-corrected chi connectivity index (χ3v) is 5.18. The Morgan fingerprint density at radius 2 is 2.15 bits per heavy atom. The van der Waals surface area contributed by atoms with Gasteiger partial charge in [0.2, 0.25) is 5.91 Å². The molecule has 0 bridgehead atoms. The van der Waals surface area contributed by atoms with Crippen LogP contribution in [0.4, 0.5) is 0 Å². The van der Waals surface area contributed by atoms with Crippen molar-refractivity contribution in [1.82, 2.24) is 15.1 Å². The number of amides is 1. The quantitative estimate of drug-likeness (QED) is 0.875. The molecule has 1 saturated heterocycles. The van der Waals surface area contributed by atoms with Crippen LogP contribution in [0.25, 0.3) is 11.3 Å². The Balaban J connectivity index is 1.56. The smallest absolute Gasteiger partial charge is 0.335 e. The molecule has 2 N–H and O–H groups in total. The number of aromatic nitrogens is 2. The summed E-state index contributed by atoms with van der Waals surface area (Å²) in [5.74, 6) is -0.389. The fourth-order valence-electron chi connectivity index (χ4n) is 3.71. The van der Waals surface area contributed by atoms with Crippen molar-refractivity contribution < 1.29 is 19.4 Å². The summed E-state index contributed by atoms with van der Waals surface area (Å²) in [6.45, 7) is 2.82. The van der Waals surface area contributed by atoms with E-state index in [9.17, 15) is 14.7 Å². The minimum absolute atomic E-state index is 0.0982. The number of benzene rings is 1. The highest BCUT2D eigenvalue weighted by Gasteiger charge is 2.30. The molecule has 1 aromatic heterocycles. The van der Waals surface area contributed by atoms with Gasteiger partial charge in [0, 0.05) is 30.9 Å². The monoisotopic (exact) mass is 355 g/mol. The van der Waals surface area contributed by atoms with E-state index in [-0.39, 0.29) is 11.5 Å². The number of H-pyrrole nitrogens is 1. The number of carboxylic acid groups (broad SMARTS) is 1. The van der Waals surface area contributed by atoms with Crippen LogP contribution in [0.15, 0.2) is 24.3 Å². The summed E-state index contributed by atoms with van der Waals surface area (Å²) in [6, 6.07) is 6.66. The predicted molar refractivity (Wildman–Crippen MR) is 93.6 cm³/mol. The van der Waals surface area contributed by atoms with E-state index in [0.717, 1.165) is 43.9 Å². The molecule has 7 nitrogen and oxygen atoms in total. The molecule has 0 saturated carbocycles. The number of nitrogens with zero attached hydrogens (tertiary/aromatic N) is 2. The van der Waals surface area contributed by atoms with Crippen molar-refractivity contribution in [2.75, 3.05) is 19.8 Å². The molecule has 2 aliphatic rings. The summed E-state index contributed by atoms with van der Waals surface area (Å²) in [5.41, 5.74) is 3.41. The van der Waals surface area contributed by atoms with Crippen LogP contribution >= 0.6 is 0 Å². The lowest BCUT2D eigenvalue weighted by molar-refractivity contribution is -0.133. The van der Waals surface area contributed by atoms with E-state index in [1.807, 2.05) is 11.0 Å². The molecule has 3 heterocycles. The molecular formula is C19H21N3O4. The second kappa shape index (κ2) is 6.92. The number of hydrogen-bond donors (Lipinski definition) is 2. The van der Waals surface area contributed by atoms with Crippen LogP contribution in [-0.4, -0.2) is 51.8 Å². The van der Waals surface area contributed by atoms with Crippen molar-refractivity contribution in [3.8, 4) is 11.3 Å². The number of carbonyl (C=O) groups is 2. The number of rotatable bonds is 4. The van der Waals surface area contributed by atoms with Crippen molar-refractivity contribution in [3.05, 3.63) is 41.1 Å². The van der Waals surface area contributed by atoms with Gasteiger partial charge in [-0.1, -0.05) is 12.1 Å². The third-order valence-electron chi connectivity index (χ3n) is 5.18. The maximum Gasteiger partial charge on any atom is 0.335 e. The van der Waals surface area contributed by atoms with E-state index < -0.39 is 5.97 Å². The van der Waals surface area contributed by atoms with Crippen LogP contribution in [-0.2, 0) is 22.5 Å². The van der Waals surface area contributed by atoms with Gasteiger partial charge in [-0.05, 0) is 30.9 Å². The lowest BCUT2D eigenvalue weighted by Crippen LogP contribution is -2.40. The first kappa shape index (κ1) is 16.8. The summed E-state index contributed by atoms with van der Waals surface area (Å²) in [5, 5.41) is 16.6. The highest BCUT2D eigenvalue weighted by molar-refractivity contribution is 5.90. The molecule has 0 radical (unpaired) electrons. The van der Waals surface area contributed by atoms with Crippen LogP contribution < -0.4 is 0 Å². The van der Waals surface area contributed by atoms with E-state index in [4.69, 9.17) is 4.74 Å². The SMILES string of the molecule is O=C(O)c1cccc(-c2n[nH]c3c2CC(=O)N(CC2CCOCC2)C3)c1. The first-order valence-electron chi connectivity index (χ1n) is 8.87. The Labute approximate surface area is 151 Å². The zero-order valence-corrected chi connectivity index (χ0v) is 14.4. The summed E-state index contributed by atoms with van der Waals surface area (Å²) in [4.78, 5) is 25.7. The standard InChI is InChI=1S/C19H21N3O4/c23-17-9-15-16(11-22(17)10-12-4-6-26-7-5-12)20-21-18(15)13-2-1-3-14(8-13)19(24)25/h1-3,8,12H,4-7,9-11H2,(H,20,21)(H,24,25). The van der Waals surface area contributed by atoms with Crippen LogP contribution in [0, 0.1) is 5.92 Å². The number of aromatic amines is 1. The number of carbonyl (C=O) groups excluding carboxylic acids is 1. The molecule has 0 spiro atoms. The number of aromatic carboxylic acids is 1. The largest absolute Gasteiger partial charge is 0.478 e. The normalized spacial score (nSPS) is 18.0. The molecular weight excluding hydrogens is 334 g/mol. The zero-order chi connectivity index (χ0) is 18.1. The average Bonchev–Trinajstić information content (AvgIpc) is 3.05. The number of carboxylic acids is 1. The molecule has 7 heteroatoms. The van der Waals surface area contributed by atoms with Crippen molar-refractivity contribution in [2.24, 2.45) is 5.92 Å². The minimum atomic E-state index is -0.977. The van der Waals surface area contributed by atoms with Gasteiger partial charge in [0.15, 0.2) is 0 Å². The van der Waals surface area contributed by atoms with E-state index in [2.05, 4.69) is 10.2 Å². The van der Waals surface area contributed by atoms with Gasteiger partial charge >= 0.3 is 5.97 Å². The highest BCUT2D eigenvalue weighted by atomic mass is 16.5. The molecule has 2 aliphatic heterocycles. The molecule has 0 unspecified atom stereocenters. The number of fused-ring (bicyclic) bond motifs is 1. The van der Waals surface area contributed by atoms with Crippen LogP contribution in [0.3, 0.4) is 0 Å². The second-order valence-electron chi connectivity index (χ2n) is 6.92. The van der Waals surface area contributed by atoms with Gasteiger partial charge in [-0.15, -0.1) is 0 Å². The van der Waals surface area contributed by atoms with Crippen molar-refractivity contribution in [2.45, 2.75) is 25.8 Å². The Hall–Kier alpha value is -2.67. The van der Waals surface area contributed by atoms with Gasteiger partial charge in [0.25, 0.3) is 0 Å². The molecule has 0 atom stereocenters. The Morgan fingerprint density at radius 3 is 2.92 bits per heavy atom. The van der Waals surface area contributed by atoms with E-state index >= 15 is 0 Å². The lowest BCUT2D eigenvalue weighted by Gasteiger charge is -2.32. The molecule has 1 amide bonds. The molecule has 0 aliphatic carbocycles. The Kier molecular flexibility index (Phi) is 4.46. The number of ether oxygens (including phenoxy) is 1. The van der Waals surface area contributed by atoms with Crippen LogP contribution in [0.2, 0.25) is 0 Å². The molecule has 136 valence electrons. The Morgan fingerprint density at radius 1 is 1.35 bits per heavy atom. The van der Waals surface area contributed by atoms with Gasteiger partial charge in [-0.25, -0.2) is 4.79 Å². The van der Waals surface area contributed by atoms with Gasteiger partial charge in [-0.3, -0.25) is 9.89 Å². The molecule has 26 heavy (non-hydrogen) atoms. The van der Waals surface area contributed by atoms with Gasteiger partial charge in [-0.2, -0.15) is 5.10 Å². The average molecular weight is 355 g/mol. The van der Waals surface area contributed by atoms with Crippen LogP contribution in [0.5, 0.6) is 0 Å². The number of nitrogens with one attached hydrogen (secondary N) is 1. The first-order chi connectivity index (χ1) is 12.6. The first-order valence-corrected chi connectivity index (χ1v) is 8.87. The maximum atomic E-state index is 12.6. The molecule has 1 fully saturated rings. The molecule has 4 rings (SSSR count). The fraction of sp³-hybridized carbons (Fsp3) is 0.421. The predicted octanol–water partition coefficient (Wildman–Crippen LogP) is 2.09. The number of hydrogen-bond acceptors (Lipinski definition) is 4. The van der Waals surface area contributed by atoms with E-state index in [0.29, 0.717) is 30.1 Å². The molecule has 2 aromatic rings. The maximum absolute atomic E-state index is 12.6. The van der Waals surface area contributed by atoms with Gasteiger partial charge < -0.3 is 14.7 Å². The zero-order valence-electron chi connectivity index (χ0n) is 14.4. The third kappa shape index (κ3) is 3.22. The van der Waals surface area contributed by atoms with Crippen molar-refractivity contribution >= 4 is 11.9 Å². The topological polar surface area (TPSA) is 95.5 Å². The summed E-state index contributed by atoms with van der Waals surface area (Å²) in [7, 11) is 0. The lowest BCUT2D eigenvalue weighted by atomic mass is 9.95. The highest BCUT2D eigenvalue weighted by Crippen LogP contribution is 2.30. The van der Waals surface area contributed by atoms with Crippen molar-refractivity contribution in [3.63, 3.8) is 0 Å². The Bertz CT molecular complexity index is 839. The molecule has 1 aromatic carbocycles. The summed E-state index contributed by atoms with van der Waals surface area (Å²) < 4.78 is 5.39. The van der Waals surface area contributed by atoms with Crippen LogP contribution in [0.1, 0.15) is 34.5 Å². The summed E-state index contributed by atoms with van der Waals surface area (Å²) in [6.07, 6.45) is 2.28. The van der Waals surface area contributed by atoms with Gasteiger partial charge in [0.05, 0.1) is 29.9 Å². The fourth-order valence-corrected chi connectivity index (χ4v) is 3.71. The van der Waals surface area contributed by atoms with Crippen molar-refractivity contribution in [1.29, 1.82) is 0 Å². The van der Waals surface area contributed by atoms with Gasteiger partial charge in [0.1, 0.15) is 0 Å². The van der Waals surface area contributed by atoms with E-state index in [1.54, 1.807) is 18.2 Å². The minimum Gasteiger partial charge on any atom is -0.478 e.